The summed E-state index contributed by atoms with van der Waals surface area (Å²) in [4.78, 5) is 45.8. The SMILES string of the molecule is CCOC(=O)C(=O)CC(=O)SC(C)(C)CNC(=O)C(C)C. The molecule has 0 atom stereocenters. The van der Waals surface area contributed by atoms with E-state index in [1.807, 2.05) is 0 Å². The first-order valence-electron chi connectivity index (χ1n) is 6.78. The monoisotopic (exact) mass is 317 g/mol. The lowest BCUT2D eigenvalue weighted by Crippen LogP contribution is -2.39. The number of rotatable bonds is 8. The van der Waals surface area contributed by atoms with Gasteiger partial charge in [0, 0.05) is 17.2 Å². The van der Waals surface area contributed by atoms with Gasteiger partial charge in [0.25, 0.3) is 0 Å². The van der Waals surface area contributed by atoms with Crippen LogP contribution in [-0.2, 0) is 23.9 Å². The van der Waals surface area contributed by atoms with Crippen molar-refractivity contribution in [3.05, 3.63) is 0 Å². The number of ether oxygens (including phenoxy) is 1. The molecule has 0 fully saturated rings. The molecule has 0 aliphatic rings. The Morgan fingerprint density at radius 2 is 1.76 bits per heavy atom. The van der Waals surface area contributed by atoms with Crippen molar-refractivity contribution in [2.24, 2.45) is 5.92 Å². The minimum absolute atomic E-state index is 0.0959. The van der Waals surface area contributed by atoms with E-state index in [9.17, 15) is 19.2 Å². The van der Waals surface area contributed by atoms with E-state index < -0.39 is 28.0 Å². The van der Waals surface area contributed by atoms with Gasteiger partial charge >= 0.3 is 5.97 Å². The number of esters is 1. The van der Waals surface area contributed by atoms with E-state index in [1.54, 1.807) is 34.6 Å². The van der Waals surface area contributed by atoms with Gasteiger partial charge in [0.2, 0.25) is 11.7 Å². The molecule has 0 heterocycles. The summed E-state index contributed by atoms with van der Waals surface area (Å²) >= 11 is 0.937. The highest BCUT2D eigenvalue weighted by molar-refractivity contribution is 8.14. The van der Waals surface area contributed by atoms with E-state index in [1.165, 1.54) is 0 Å². The Bertz CT molecular complexity index is 418. The van der Waals surface area contributed by atoms with Crippen LogP contribution in [-0.4, -0.2) is 40.7 Å². The maximum atomic E-state index is 11.8. The molecule has 0 aliphatic carbocycles. The highest BCUT2D eigenvalue weighted by Gasteiger charge is 2.27. The summed E-state index contributed by atoms with van der Waals surface area (Å²) < 4.78 is 3.97. The van der Waals surface area contributed by atoms with Gasteiger partial charge in [0.1, 0.15) is 0 Å². The summed E-state index contributed by atoms with van der Waals surface area (Å²) in [6, 6.07) is 0. The third-order valence-electron chi connectivity index (χ3n) is 2.41. The first-order valence-corrected chi connectivity index (χ1v) is 7.60. The quantitative estimate of drug-likeness (QED) is 0.412. The van der Waals surface area contributed by atoms with E-state index >= 15 is 0 Å². The van der Waals surface area contributed by atoms with Crippen molar-refractivity contribution in [3.63, 3.8) is 0 Å². The van der Waals surface area contributed by atoms with Crippen molar-refractivity contribution in [1.82, 2.24) is 5.32 Å². The molecule has 1 amide bonds. The molecule has 0 aromatic rings. The number of carbonyl (C=O) groups excluding carboxylic acids is 4. The topological polar surface area (TPSA) is 89.5 Å². The Morgan fingerprint density at radius 1 is 1.19 bits per heavy atom. The average Bonchev–Trinajstić information content (AvgIpc) is 2.35. The highest BCUT2D eigenvalue weighted by atomic mass is 32.2. The second-order valence-corrected chi connectivity index (χ2v) is 7.19. The summed E-state index contributed by atoms with van der Waals surface area (Å²) in [5, 5.41) is 2.32. The minimum Gasteiger partial charge on any atom is -0.460 e. The second kappa shape index (κ2) is 8.81. The number of Topliss-reactive ketones (excluding diaryl/α,β-unsaturated/α-hetero) is 1. The van der Waals surface area contributed by atoms with Crippen molar-refractivity contribution < 1.29 is 23.9 Å². The van der Waals surface area contributed by atoms with Crippen molar-refractivity contribution in [1.29, 1.82) is 0 Å². The lowest BCUT2D eigenvalue weighted by molar-refractivity contribution is -0.154. The maximum absolute atomic E-state index is 11.8. The van der Waals surface area contributed by atoms with Crippen LogP contribution in [0.3, 0.4) is 0 Å². The summed E-state index contributed by atoms with van der Waals surface area (Å²) in [6.45, 7) is 9.10. The molecule has 0 aliphatic heterocycles. The zero-order valence-electron chi connectivity index (χ0n) is 13.1. The van der Waals surface area contributed by atoms with Gasteiger partial charge in [-0.3, -0.25) is 14.4 Å². The standard InChI is InChI=1S/C14H23NO5S/c1-6-20-13(19)10(16)7-11(17)21-14(4,5)8-15-12(18)9(2)3/h9H,6-8H2,1-5H3,(H,15,18). The van der Waals surface area contributed by atoms with E-state index in [2.05, 4.69) is 10.1 Å². The van der Waals surface area contributed by atoms with Crippen LogP contribution in [0.4, 0.5) is 0 Å². The largest absolute Gasteiger partial charge is 0.460 e. The van der Waals surface area contributed by atoms with Crippen LogP contribution in [0.2, 0.25) is 0 Å². The molecule has 0 saturated heterocycles. The predicted octanol–water partition coefficient (Wildman–Crippen LogP) is 1.32. The van der Waals surface area contributed by atoms with Gasteiger partial charge in [-0.15, -0.1) is 0 Å². The molecule has 21 heavy (non-hydrogen) atoms. The molecule has 0 aromatic heterocycles. The van der Waals surface area contributed by atoms with Gasteiger partial charge in [-0.05, 0) is 20.8 Å². The van der Waals surface area contributed by atoms with Gasteiger partial charge in [-0.2, -0.15) is 0 Å². The van der Waals surface area contributed by atoms with Crippen LogP contribution in [0.15, 0.2) is 0 Å². The lowest BCUT2D eigenvalue weighted by Gasteiger charge is -2.23. The number of amides is 1. The van der Waals surface area contributed by atoms with Crippen LogP contribution >= 0.6 is 11.8 Å². The molecule has 0 radical (unpaired) electrons. The zero-order chi connectivity index (χ0) is 16.6. The number of nitrogens with one attached hydrogen (secondary N) is 1. The van der Waals surface area contributed by atoms with E-state index in [-0.39, 0.29) is 18.4 Å². The van der Waals surface area contributed by atoms with Crippen LogP contribution in [0.5, 0.6) is 0 Å². The second-order valence-electron chi connectivity index (χ2n) is 5.43. The summed E-state index contributed by atoms with van der Waals surface area (Å²) in [5.74, 6) is -2.07. The smallest absolute Gasteiger partial charge is 0.375 e. The van der Waals surface area contributed by atoms with Gasteiger partial charge in [-0.1, -0.05) is 25.6 Å². The van der Waals surface area contributed by atoms with Crippen LogP contribution in [0.25, 0.3) is 0 Å². The number of hydrogen-bond donors (Lipinski definition) is 1. The Kier molecular flexibility index (Phi) is 8.24. The van der Waals surface area contributed by atoms with E-state index in [0.717, 1.165) is 11.8 Å². The van der Waals surface area contributed by atoms with Crippen molar-refractivity contribution in [3.8, 4) is 0 Å². The summed E-state index contributed by atoms with van der Waals surface area (Å²) in [5.41, 5.74) is 0. The molecule has 1 N–H and O–H groups in total. The molecule has 0 unspecified atom stereocenters. The summed E-state index contributed by atoms with van der Waals surface area (Å²) in [7, 11) is 0. The number of thioether (sulfide) groups is 1. The predicted molar refractivity (Wildman–Crippen MR) is 80.8 cm³/mol. The first kappa shape index (κ1) is 19.6. The van der Waals surface area contributed by atoms with Crippen LogP contribution < -0.4 is 5.32 Å². The summed E-state index contributed by atoms with van der Waals surface area (Å²) in [6.07, 6.45) is -0.495. The van der Waals surface area contributed by atoms with Gasteiger partial charge in [0.05, 0.1) is 13.0 Å². The maximum Gasteiger partial charge on any atom is 0.375 e. The molecular formula is C14H23NO5S. The molecule has 0 aromatic carbocycles. The minimum atomic E-state index is -0.989. The normalized spacial score (nSPS) is 11.1. The molecule has 0 spiro atoms. The van der Waals surface area contributed by atoms with E-state index in [0.29, 0.717) is 6.54 Å². The highest BCUT2D eigenvalue weighted by Crippen LogP contribution is 2.25. The molecule has 0 rings (SSSR count). The molecule has 6 nitrogen and oxygen atoms in total. The fourth-order valence-electron chi connectivity index (χ4n) is 1.30. The van der Waals surface area contributed by atoms with Gasteiger partial charge in [-0.25, -0.2) is 4.79 Å². The van der Waals surface area contributed by atoms with Crippen LogP contribution in [0, 0.1) is 5.92 Å². The fourth-order valence-corrected chi connectivity index (χ4v) is 2.26. The molecule has 0 bridgehead atoms. The van der Waals surface area contributed by atoms with Gasteiger partial charge in [0.15, 0.2) is 5.12 Å². The van der Waals surface area contributed by atoms with E-state index in [4.69, 9.17) is 0 Å². The third-order valence-corrected chi connectivity index (χ3v) is 3.48. The average molecular weight is 317 g/mol. The number of carbonyl (C=O) groups is 4. The Labute approximate surface area is 129 Å². The lowest BCUT2D eigenvalue weighted by atomic mass is 10.1. The number of hydrogen-bond acceptors (Lipinski definition) is 6. The molecule has 7 heteroatoms. The molecular weight excluding hydrogens is 294 g/mol. The van der Waals surface area contributed by atoms with Gasteiger partial charge < -0.3 is 10.1 Å². The van der Waals surface area contributed by atoms with Crippen LogP contribution in [0.1, 0.15) is 41.0 Å². The Hall–Kier alpha value is -1.37. The van der Waals surface area contributed by atoms with Crippen molar-refractivity contribution in [2.75, 3.05) is 13.2 Å². The Morgan fingerprint density at radius 3 is 2.24 bits per heavy atom. The number of ketones is 1. The first-order chi connectivity index (χ1) is 9.59. The molecule has 120 valence electrons. The zero-order valence-corrected chi connectivity index (χ0v) is 14.0. The third kappa shape index (κ3) is 8.49. The van der Waals surface area contributed by atoms with Crippen molar-refractivity contribution in [2.45, 2.75) is 45.8 Å². The van der Waals surface area contributed by atoms with Crippen molar-refractivity contribution >= 4 is 34.5 Å². The Balaban J connectivity index is 4.32. The molecule has 0 saturated carbocycles. The fraction of sp³-hybridized carbons (Fsp3) is 0.714.